The van der Waals surface area contributed by atoms with Crippen LogP contribution in [0.4, 0.5) is 0 Å². The maximum atomic E-state index is 12.8. The summed E-state index contributed by atoms with van der Waals surface area (Å²) in [5, 5.41) is 5.45. The lowest BCUT2D eigenvalue weighted by Gasteiger charge is -2.11. The first-order valence-corrected chi connectivity index (χ1v) is 11.3. The largest absolute Gasteiger partial charge is 0.742 e. The number of benzene rings is 2. The smallest absolute Gasteiger partial charge is 0.287 e. The Labute approximate surface area is 200 Å². The Bertz CT molecular complexity index is 1380. The highest BCUT2D eigenvalue weighted by Crippen LogP contribution is 2.28. The number of nitrogens with one attached hydrogen (secondary N) is 2. The van der Waals surface area contributed by atoms with Crippen molar-refractivity contribution in [2.24, 2.45) is 5.10 Å². The molecule has 35 heavy (non-hydrogen) atoms. The van der Waals surface area contributed by atoms with Crippen molar-refractivity contribution < 1.29 is 36.5 Å². The van der Waals surface area contributed by atoms with E-state index in [0.717, 1.165) is 12.3 Å². The van der Waals surface area contributed by atoms with Gasteiger partial charge in [-0.15, -0.1) is 0 Å². The predicted molar refractivity (Wildman–Crippen MR) is 124 cm³/mol. The number of rotatable bonds is 9. The van der Waals surface area contributed by atoms with Gasteiger partial charge in [0.05, 0.1) is 20.4 Å². The Morgan fingerprint density at radius 3 is 2.34 bits per heavy atom. The van der Waals surface area contributed by atoms with E-state index < -0.39 is 27.0 Å². The summed E-state index contributed by atoms with van der Waals surface area (Å²) in [5.74, 6) is -0.517. The Morgan fingerprint density at radius 1 is 1.00 bits per heavy atom. The zero-order chi connectivity index (χ0) is 25.4. The van der Waals surface area contributed by atoms with E-state index in [4.69, 9.17) is 13.9 Å². The number of hydrogen-bond donors (Lipinski definition) is 2. The molecule has 2 aromatic carbocycles. The summed E-state index contributed by atoms with van der Waals surface area (Å²) in [6, 6.07) is 15.3. The van der Waals surface area contributed by atoms with Crippen molar-refractivity contribution >= 4 is 34.2 Å². The molecule has 1 aromatic heterocycles. The lowest BCUT2D eigenvalue weighted by Crippen LogP contribution is -2.32. The van der Waals surface area contributed by atoms with Crippen molar-refractivity contribution in [3.05, 3.63) is 83.2 Å². The van der Waals surface area contributed by atoms with Gasteiger partial charge in [0.1, 0.15) is 11.5 Å². The van der Waals surface area contributed by atoms with Gasteiger partial charge in [-0.1, -0.05) is 24.3 Å². The molecule has 0 radical (unpaired) electrons. The average Bonchev–Trinajstić information content (AvgIpc) is 3.33. The molecule has 0 bridgehead atoms. The van der Waals surface area contributed by atoms with Gasteiger partial charge in [0.2, 0.25) is 5.09 Å². The number of hydrogen-bond acceptors (Lipinski definition) is 9. The van der Waals surface area contributed by atoms with Crippen LogP contribution in [0.2, 0.25) is 0 Å². The third kappa shape index (κ3) is 6.79. The first-order valence-electron chi connectivity index (χ1n) is 9.90. The Kier molecular flexibility index (Phi) is 8.02. The summed E-state index contributed by atoms with van der Waals surface area (Å²) in [6.45, 7) is 0. The van der Waals surface area contributed by atoms with Gasteiger partial charge in [-0.25, -0.2) is 13.8 Å². The SMILES string of the molecule is COc1ccc(/C=C(/NC(=O)c2ccccc2)C(=O)N/N=C/c2ccc(S(=O)(=O)[O-])o2)cc1OC. The van der Waals surface area contributed by atoms with E-state index in [2.05, 4.69) is 15.8 Å². The van der Waals surface area contributed by atoms with E-state index in [1.54, 1.807) is 48.5 Å². The molecule has 12 heteroatoms. The van der Waals surface area contributed by atoms with Gasteiger partial charge in [-0.05, 0) is 48.0 Å². The van der Waals surface area contributed by atoms with E-state index in [-0.39, 0.29) is 11.5 Å². The van der Waals surface area contributed by atoms with Crippen LogP contribution >= 0.6 is 0 Å². The number of carbonyl (C=O) groups excluding carboxylic acids is 2. The van der Waals surface area contributed by atoms with E-state index in [1.165, 1.54) is 26.4 Å². The second-order valence-corrected chi connectivity index (χ2v) is 8.11. The summed E-state index contributed by atoms with van der Waals surface area (Å²) < 4.78 is 48.2. The Morgan fingerprint density at radius 2 is 1.71 bits per heavy atom. The number of carbonyl (C=O) groups is 2. The Hall–Kier alpha value is -4.42. The summed E-state index contributed by atoms with van der Waals surface area (Å²) in [4.78, 5) is 25.5. The molecule has 0 unspecified atom stereocenters. The van der Waals surface area contributed by atoms with Crippen molar-refractivity contribution in [1.82, 2.24) is 10.7 Å². The van der Waals surface area contributed by atoms with Crippen molar-refractivity contribution in [1.29, 1.82) is 0 Å². The topological polar surface area (TPSA) is 159 Å². The number of nitrogens with zero attached hydrogens (tertiary/aromatic N) is 1. The molecule has 0 saturated carbocycles. The minimum absolute atomic E-state index is 0.0848. The van der Waals surface area contributed by atoms with Gasteiger partial charge >= 0.3 is 0 Å². The molecule has 1 heterocycles. The van der Waals surface area contributed by atoms with Gasteiger partial charge < -0.3 is 23.8 Å². The minimum Gasteiger partial charge on any atom is -0.742 e. The van der Waals surface area contributed by atoms with Crippen LogP contribution in [0.1, 0.15) is 21.7 Å². The molecule has 0 aliphatic heterocycles. The quantitative estimate of drug-likeness (QED) is 0.196. The molecule has 0 fully saturated rings. The number of hydrazone groups is 1. The molecule has 11 nitrogen and oxygen atoms in total. The van der Waals surface area contributed by atoms with Crippen LogP contribution < -0.4 is 20.2 Å². The number of amides is 2. The van der Waals surface area contributed by atoms with E-state index in [0.29, 0.717) is 22.6 Å². The third-order valence-electron chi connectivity index (χ3n) is 4.45. The molecule has 0 saturated heterocycles. The van der Waals surface area contributed by atoms with E-state index >= 15 is 0 Å². The zero-order valence-corrected chi connectivity index (χ0v) is 19.4. The van der Waals surface area contributed by atoms with E-state index in [1.807, 2.05) is 0 Å². The number of ether oxygens (including phenoxy) is 2. The monoisotopic (exact) mass is 498 g/mol. The molecule has 0 aliphatic carbocycles. The van der Waals surface area contributed by atoms with Crippen LogP contribution in [0, 0.1) is 0 Å². The highest BCUT2D eigenvalue weighted by atomic mass is 32.2. The van der Waals surface area contributed by atoms with Crippen LogP contribution in [0.25, 0.3) is 6.08 Å². The lowest BCUT2D eigenvalue weighted by atomic mass is 10.1. The van der Waals surface area contributed by atoms with Gasteiger partial charge in [0, 0.05) is 5.56 Å². The van der Waals surface area contributed by atoms with Gasteiger partial charge in [-0.3, -0.25) is 9.59 Å². The van der Waals surface area contributed by atoms with Gasteiger partial charge in [0.15, 0.2) is 21.6 Å². The third-order valence-corrected chi connectivity index (χ3v) is 5.17. The average molecular weight is 498 g/mol. The summed E-state index contributed by atoms with van der Waals surface area (Å²) in [7, 11) is -1.82. The maximum Gasteiger partial charge on any atom is 0.287 e. The molecule has 2 N–H and O–H groups in total. The number of furan rings is 1. The summed E-state index contributed by atoms with van der Waals surface area (Å²) in [6.07, 6.45) is 2.41. The first-order chi connectivity index (χ1) is 16.7. The fraction of sp³-hybridized carbons (Fsp3) is 0.0870. The minimum atomic E-state index is -4.76. The molecular weight excluding hydrogens is 478 g/mol. The van der Waals surface area contributed by atoms with Crippen LogP contribution in [-0.2, 0) is 14.9 Å². The molecular formula is C23H20N3O8S-. The highest BCUT2D eigenvalue weighted by molar-refractivity contribution is 7.85. The second-order valence-electron chi connectivity index (χ2n) is 6.80. The normalized spacial score (nSPS) is 11.8. The van der Waals surface area contributed by atoms with E-state index in [9.17, 15) is 22.6 Å². The lowest BCUT2D eigenvalue weighted by molar-refractivity contribution is -0.117. The zero-order valence-electron chi connectivity index (χ0n) is 18.5. The number of methoxy groups -OCH3 is 2. The van der Waals surface area contributed by atoms with Crippen molar-refractivity contribution in [3.63, 3.8) is 0 Å². The predicted octanol–water partition coefficient (Wildman–Crippen LogP) is 2.12. The van der Waals surface area contributed by atoms with Crippen molar-refractivity contribution in [2.45, 2.75) is 5.09 Å². The maximum absolute atomic E-state index is 12.8. The molecule has 0 aliphatic rings. The summed E-state index contributed by atoms with van der Waals surface area (Å²) >= 11 is 0. The molecule has 0 spiro atoms. The fourth-order valence-corrected chi connectivity index (χ4v) is 3.24. The fourth-order valence-electron chi connectivity index (χ4n) is 2.80. The highest BCUT2D eigenvalue weighted by Gasteiger charge is 2.15. The van der Waals surface area contributed by atoms with Crippen LogP contribution in [0.5, 0.6) is 11.5 Å². The van der Waals surface area contributed by atoms with Gasteiger partial charge in [-0.2, -0.15) is 5.10 Å². The van der Waals surface area contributed by atoms with Gasteiger partial charge in [0.25, 0.3) is 11.8 Å². The molecule has 3 rings (SSSR count). The first kappa shape index (κ1) is 25.2. The standard InChI is InChI=1S/C23H21N3O8S/c1-32-19-10-8-15(13-20(19)33-2)12-18(25-22(27)16-6-4-3-5-7-16)23(28)26-24-14-17-9-11-21(34-17)35(29,30)31/h3-14H,1-2H3,(H,25,27)(H,26,28)(H,29,30,31)/p-1/b18-12+,24-14+. The van der Waals surface area contributed by atoms with Crippen molar-refractivity contribution in [2.75, 3.05) is 14.2 Å². The van der Waals surface area contributed by atoms with Crippen molar-refractivity contribution in [3.8, 4) is 11.5 Å². The molecule has 0 atom stereocenters. The van der Waals surface area contributed by atoms with Crippen LogP contribution in [0.3, 0.4) is 0 Å². The second kappa shape index (κ2) is 11.1. The summed E-state index contributed by atoms with van der Waals surface area (Å²) in [5.41, 5.74) is 2.90. The molecule has 2 amide bonds. The van der Waals surface area contributed by atoms with Crippen LogP contribution in [0.15, 0.2) is 81.0 Å². The molecule has 182 valence electrons. The molecule has 3 aromatic rings. The van der Waals surface area contributed by atoms with Crippen LogP contribution in [-0.4, -0.2) is 45.2 Å². The Balaban J connectivity index is 1.85.